The minimum atomic E-state index is -0.719. The number of carbonyl (C=O) groups excluding carboxylic acids is 2. The monoisotopic (exact) mass is 440 g/mol. The van der Waals surface area contributed by atoms with Crippen LogP contribution >= 0.6 is 22.7 Å². The van der Waals surface area contributed by atoms with Crippen LogP contribution in [0, 0.1) is 13.8 Å². The number of nitrogens with zero attached hydrogens (tertiary/aromatic N) is 2. The van der Waals surface area contributed by atoms with Crippen LogP contribution in [0.5, 0.6) is 5.75 Å². The van der Waals surface area contributed by atoms with Crippen molar-refractivity contribution in [2.75, 3.05) is 7.11 Å². The fourth-order valence-electron chi connectivity index (χ4n) is 3.64. The van der Waals surface area contributed by atoms with Crippen LogP contribution in [0.3, 0.4) is 0 Å². The first kappa shape index (κ1) is 20.3. The van der Waals surface area contributed by atoms with E-state index in [9.17, 15) is 14.7 Å². The minimum absolute atomic E-state index is 0.0801. The van der Waals surface area contributed by atoms with Crippen molar-refractivity contribution in [1.82, 2.24) is 9.88 Å². The second kappa shape index (κ2) is 8.04. The zero-order valence-electron chi connectivity index (χ0n) is 16.7. The molecule has 8 heteroatoms. The Hall–Kier alpha value is -2.97. The zero-order valence-corrected chi connectivity index (χ0v) is 18.3. The van der Waals surface area contributed by atoms with Gasteiger partial charge in [-0.25, -0.2) is 4.98 Å². The van der Waals surface area contributed by atoms with E-state index >= 15 is 0 Å². The van der Waals surface area contributed by atoms with Crippen LogP contribution in [0.25, 0.3) is 0 Å². The van der Waals surface area contributed by atoms with Crippen LogP contribution in [0.15, 0.2) is 53.1 Å². The summed E-state index contributed by atoms with van der Waals surface area (Å²) in [5, 5.41) is 13.5. The first-order chi connectivity index (χ1) is 14.4. The number of methoxy groups -OCH3 is 1. The molecule has 3 aromatic rings. The Morgan fingerprint density at radius 2 is 2.07 bits per heavy atom. The summed E-state index contributed by atoms with van der Waals surface area (Å²) in [6, 6.07) is 10.3. The van der Waals surface area contributed by atoms with Gasteiger partial charge in [0, 0.05) is 4.88 Å². The van der Waals surface area contributed by atoms with Crippen molar-refractivity contribution < 1.29 is 19.4 Å². The summed E-state index contributed by atoms with van der Waals surface area (Å²) in [7, 11) is 1.56. The van der Waals surface area contributed by atoms with E-state index < -0.39 is 17.7 Å². The third kappa shape index (κ3) is 3.53. The maximum absolute atomic E-state index is 13.5. The number of aliphatic hydroxyl groups excluding tert-OH is 1. The number of aliphatic hydroxyl groups is 1. The van der Waals surface area contributed by atoms with Crippen molar-refractivity contribution in [3.8, 4) is 5.75 Å². The van der Waals surface area contributed by atoms with E-state index in [0.717, 1.165) is 9.88 Å². The molecule has 1 amide bonds. The Morgan fingerprint density at radius 1 is 1.27 bits per heavy atom. The van der Waals surface area contributed by atoms with Gasteiger partial charge in [0.25, 0.3) is 5.91 Å². The first-order valence-corrected chi connectivity index (χ1v) is 11.0. The summed E-state index contributed by atoms with van der Waals surface area (Å²) in [4.78, 5) is 33.8. The molecule has 4 rings (SSSR count). The maximum Gasteiger partial charge on any atom is 0.290 e. The largest absolute Gasteiger partial charge is 0.503 e. The van der Waals surface area contributed by atoms with E-state index in [-0.39, 0.29) is 11.4 Å². The van der Waals surface area contributed by atoms with Crippen LogP contribution in [-0.2, 0) is 11.3 Å². The molecule has 0 saturated carbocycles. The Bertz CT molecular complexity index is 1150. The molecule has 1 aliphatic heterocycles. The van der Waals surface area contributed by atoms with E-state index in [4.69, 9.17) is 4.74 Å². The van der Waals surface area contributed by atoms with Gasteiger partial charge in [-0.15, -0.1) is 22.7 Å². The van der Waals surface area contributed by atoms with Crippen molar-refractivity contribution in [2.24, 2.45) is 0 Å². The van der Waals surface area contributed by atoms with Gasteiger partial charge in [0.1, 0.15) is 5.75 Å². The smallest absolute Gasteiger partial charge is 0.290 e. The molecule has 1 aliphatic rings. The van der Waals surface area contributed by atoms with Gasteiger partial charge in [0.15, 0.2) is 5.76 Å². The van der Waals surface area contributed by atoms with Crippen molar-refractivity contribution in [3.05, 3.63) is 79.1 Å². The van der Waals surface area contributed by atoms with E-state index in [1.807, 2.05) is 36.6 Å². The van der Waals surface area contributed by atoms with Gasteiger partial charge < -0.3 is 14.7 Å². The number of thiophene rings is 1. The lowest BCUT2D eigenvalue weighted by Gasteiger charge is -2.26. The molecule has 1 aromatic carbocycles. The van der Waals surface area contributed by atoms with E-state index in [0.29, 0.717) is 28.4 Å². The van der Waals surface area contributed by atoms with Crippen LogP contribution < -0.4 is 4.74 Å². The molecule has 0 spiro atoms. The molecule has 30 heavy (non-hydrogen) atoms. The highest BCUT2D eigenvalue weighted by Gasteiger charge is 2.44. The van der Waals surface area contributed by atoms with Crippen molar-refractivity contribution in [2.45, 2.75) is 26.4 Å². The fraction of sp³-hybridized carbons (Fsp3) is 0.227. The Labute approximate surface area is 182 Å². The number of rotatable bonds is 6. The van der Waals surface area contributed by atoms with Gasteiger partial charge in [0.05, 0.1) is 40.8 Å². The maximum atomic E-state index is 13.5. The molecule has 6 nitrogen and oxygen atoms in total. The number of aromatic nitrogens is 1. The predicted octanol–water partition coefficient (Wildman–Crippen LogP) is 4.61. The number of hydrogen-bond acceptors (Lipinski definition) is 7. The van der Waals surface area contributed by atoms with Crippen molar-refractivity contribution >= 4 is 34.4 Å². The lowest BCUT2D eigenvalue weighted by atomic mass is 9.95. The van der Waals surface area contributed by atoms with Gasteiger partial charge in [0.2, 0.25) is 5.78 Å². The number of carbonyl (C=O) groups is 2. The molecule has 154 valence electrons. The highest BCUT2D eigenvalue weighted by Crippen LogP contribution is 2.42. The van der Waals surface area contributed by atoms with Crippen LogP contribution in [-0.4, -0.2) is 33.8 Å². The van der Waals surface area contributed by atoms with Gasteiger partial charge >= 0.3 is 0 Å². The summed E-state index contributed by atoms with van der Waals surface area (Å²) >= 11 is 2.78. The molecule has 0 radical (unpaired) electrons. The number of Topliss-reactive ketones (excluding diaryl/α,β-unsaturated/α-hetero) is 1. The molecule has 3 heterocycles. The summed E-state index contributed by atoms with van der Waals surface area (Å²) in [6.45, 7) is 3.88. The first-order valence-electron chi connectivity index (χ1n) is 9.30. The highest BCUT2D eigenvalue weighted by molar-refractivity contribution is 7.14. The Balaban J connectivity index is 1.83. The lowest BCUT2D eigenvalue weighted by molar-refractivity contribution is -0.130. The molecular formula is C22H20N2O4S2. The fourth-order valence-corrected chi connectivity index (χ4v) is 5.22. The van der Waals surface area contributed by atoms with Gasteiger partial charge in [-0.05, 0) is 43.0 Å². The molecule has 1 N–H and O–H groups in total. The zero-order chi connectivity index (χ0) is 21.4. The van der Waals surface area contributed by atoms with Crippen LogP contribution in [0.4, 0.5) is 0 Å². The van der Waals surface area contributed by atoms with Gasteiger partial charge in [-0.3, -0.25) is 9.59 Å². The quantitative estimate of drug-likeness (QED) is 0.566. The van der Waals surface area contributed by atoms with Crippen molar-refractivity contribution in [3.63, 3.8) is 0 Å². The van der Waals surface area contributed by atoms with Crippen molar-refractivity contribution in [1.29, 1.82) is 0 Å². The molecular weight excluding hydrogens is 420 g/mol. The second-order valence-electron chi connectivity index (χ2n) is 6.93. The Kier molecular flexibility index (Phi) is 5.44. The number of ketones is 1. The van der Waals surface area contributed by atoms with E-state index in [1.165, 1.54) is 27.6 Å². The normalized spacial score (nSPS) is 16.4. The lowest BCUT2D eigenvalue weighted by Crippen LogP contribution is -2.30. The molecule has 2 aromatic heterocycles. The molecule has 1 atom stereocenters. The third-order valence-electron chi connectivity index (χ3n) is 4.97. The summed E-state index contributed by atoms with van der Waals surface area (Å²) in [5.41, 5.74) is 1.37. The van der Waals surface area contributed by atoms with E-state index in [2.05, 4.69) is 4.98 Å². The summed E-state index contributed by atoms with van der Waals surface area (Å²) in [6.07, 6.45) is 0. The Morgan fingerprint density at radius 3 is 2.70 bits per heavy atom. The minimum Gasteiger partial charge on any atom is -0.503 e. The number of aryl methyl sites for hydroxylation is 2. The molecule has 0 aliphatic carbocycles. The average molecular weight is 441 g/mol. The number of amides is 1. The summed E-state index contributed by atoms with van der Waals surface area (Å²) < 4.78 is 5.34. The average Bonchev–Trinajstić information content (AvgIpc) is 3.43. The second-order valence-corrected chi connectivity index (χ2v) is 9.17. The number of ether oxygens (including phenoxy) is 1. The SMILES string of the molecule is COc1cccc(C2C(C(=O)c3sc(C)nc3C)=C(O)C(=O)N2Cc2cccs2)c1. The standard InChI is InChI=1S/C22H20N2O4S2/c1-12-21(30-13(2)23-12)19(25)17-18(14-6-4-7-15(10-14)28-3)24(22(27)20(17)26)11-16-8-5-9-29-16/h4-10,18,26H,11H2,1-3H3. The van der Waals surface area contributed by atoms with Crippen LogP contribution in [0.2, 0.25) is 0 Å². The highest BCUT2D eigenvalue weighted by atomic mass is 32.1. The number of benzene rings is 1. The van der Waals surface area contributed by atoms with Gasteiger partial charge in [-0.1, -0.05) is 18.2 Å². The van der Waals surface area contributed by atoms with E-state index in [1.54, 1.807) is 26.2 Å². The molecule has 0 fully saturated rings. The molecule has 1 unspecified atom stereocenters. The number of hydrogen-bond donors (Lipinski definition) is 1. The third-order valence-corrected chi connectivity index (χ3v) is 6.91. The topological polar surface area (TPSA) is 79.7 Å². The molecule has 0 bridgehead atoms. The predicted molar refractivity (Wildman–Crippen MR) is 116 cm³/mol. The van der Waals surface area contributed by atoms with Crippen LogP contribution in [0.1, 0.15) is 36.9 Å². The van der Waals surface area contributed by atoms with Gasteiger partial charge in [-0.2, -0.15) is 0 Å². The summed E-state index contributed by atoms with van der Waals surface area (Å²) in [5.74, 6) is -0.822. The number of thiazole rings is 1. The molecule has 0 saturated heterocycles.